The molecule has 8 atom stereocenters. The number of carbonyl (C=O) groups is 3. The highest BCUT2D eigenvalue weighted by Gasteiger charge is 2.59. The Balaban J connectivity index is 1.12. The second kappa shape index (κ2) is 30.4. The van der Waals surface area contributed by atoms with E-state index in [0.29, 0.717) is 38.0 Å². The summed E-state index contributed by atoms with van der Waals surface area (Å²) >= 11 is 0. The van der Waals surface area contributed by atoms with Gasteiger partial charge in [-0.05, 0) is 130 Å². The second-order valence-electron chi connectivity index (χ2n) is 22.9. The number of alkyl carbamates (subject to hydrolysis) is 1. The van der Waals surface area contributed by atoms with Gasteiger partial charge in [0.15, 0.2) is 0 Å². The van der Waals surface area contributed by atoms with E-state index in [0.717, 1.165) is 93.3 Å². The molecule has 0 unspecified atom stereocenters. The third-order valence-electron chi connectivity index (χ3n) is 17.5. The summed E-state index contributed by atoms with van der Waals surface area (Å²) in [6, 6.07) is 0. The summed E-state index contributed by atoms with van der Waals surface area (Å²) in [5.41, 5.74) is 7.91. The zero-order chi connectivity index (χ0) is 46.9. The molecule has 0 aromatic heterocycles. The number of ether oxygens (including phenoxy) is 1. The fourth-order valence-electron chi connectivity index (χ4n) is 13.6. The minimum atomic E-state index is -0.325. The van der Waals surface area contributed by atoms with E-state index in [4.69, 9.17) is 10.5 Å². The number of nitrogens with zero attached hydrogens (tertiary/aromatic N) is 1. The van der Waals surface area contributed by atoms with Gasteiger partial charge in [-0.2, -0.15) is 0 Å². The van der Waals surface area contributed by atoms with Crippen LogP contribution in [0.1, 0.15) is 247 Å². The van der Waals surface area contributed by atoms with Gasteiger partial charge >= 0.3 is 6.09 Å². The van der Waals surface area contributed by atoms with E-state index in [1.807, 2.05) is 0 Å². The van der Waals surface area contributed by atoms with Crippen LogP contribution in [0.4, 0.5) is 4.79 Å². The highest BCUT2D eigenvalue weighted by atomic mass is 16.6. The molecule has 0 bridgehead atoms. The number of allylic oxidation sites excluding steroid dienone is 1. The number of unbranched alkanes of at least 4 members (excludes halogenated alkanes) is 17. The van der Waals surface area contributed by atoms with E-state index < -0.39 is 0 Å². The molecule has 3 fully saturated rings. The molecule has 0 heterocycles. The molecule has 0 aliphatic heterocycles. The number of nitrogens with two attached hydrogens (primary N) is 1. The van der Waals surface area contributed by atoms with Crippen molar-refractivity contribution in [2.75, 3.05) is 32.7 Å². The van der Waals surface area contributed by atoms with Crippen molar-refractivity contribution in [1.82, 2.24) is 15.5 Å². The van der Waals surface area contributed by atoms with Crippen LogP contribution in [0.5, 0.6) is 0 Å². The van der Waals surface area contributed by atoms with Crippen LogP contribution in [0, 0.1) is 46.3 Å². The number of nitrogens with one attached hydrogen (secondary N) is 2. The largest absolute Gasteiger partial charge is 0.446 e. The molecule has 0 radical (unpaired) electrons. The van der Waals surface area contributed by atoms with Crippen molar-refractivity contribution in [1.29, 1.82) is 0 Å². The van der Waals surface area contributed by atoms with Crippen molar-refractivity contribution in [3.05, 3.63) is 11.6 Å². The lowest BCUT2D eigenvalue weighted by Gasteiger charge is -2.58. The first-order chi connectivity index (χ1) is 31.4. The average molecular weight is 909 g/mol. The van der Waals surface area contributed by atoms with Crippen LogP contribution in [0.25, 0.3) is 0 Å². The summed E-state index contributed by atoms with van der Waals surface area (Å²) < 4.78 is 6.07. The lowest BCUT2D eigenvalue weighted by molar-refractivity contribution is -0.136. The smallest absolute Gasteiger partial charge is 0.407 e. The van der Waals surface area contributed by atoms with Gasteiger partial charge < -0.3 is 26.0 Å². The molecule has 8 nitrogen and oxygen atoms in total. The summed E-state index contributed by atoms with van der Waals surface area (Å²) in [7, 11) is 0. The van der Waals surface area contributed by atoms with Crippen LogP contribution in [0.2, 0.25) is 0 Å². The van der Waals surface area contributed by atoms with E-state index in [-0.39, 0.29) is 36.0 Å². The Morgan fingerprint density at radius 2 is 1.35 bits per heavy atom. The number of rotatable bonds is 34. The first-order valence-corrected chi connectivity index (χ1v) is 28.3. The zero-order valence-corrected chi connectivity index (χ0v) is 43.4. The Kier molecular flexibility index (Phi) is 26.0. The molecule has 0 saturated heterocycles. The Hall–Kier alpha value is -2.09. The first kappa shape index (κ1) is 55.5. The SMILES string of the molecule is CCCCCCCCCCCCCCCCCCC(=O)N(CCCCNC(=O)O[C@H]1CC[C@@]2(C)C(=CC[C@H]3[C@@H]4CC[C@H]([C@H](C)CCCC(C)C)[C@@]4(C)CC[C@@H]32)C1)CC(=O)NCCCCN. The van der Waals surface area contributed by atoms with Crippen LogP contribution in [0.3, 0.4) is 0 Å². The van der Waals surface area contributed by atoms with Crippen molar-refractivity contribution in [2.24, 2.45) is 52.1 Å². The first-order valence-electron chi connectivity index (χ1n) is 28.3. The predicted octanol–water partition coefficient (Wildman–Crippen LogP) is 14.2. The van der Waals surface area contributed by atoms with Gasteiger partial charge in [0.05, 0.1) is 6.54 Å². The van der Waals surface area contributed by atoms with Gasteiger partial charge in [-0.1, -0.05) is 169 Å². The quantitative estimate of drug-likeness (QED) is 0.0440. The molecule has 4 N–H and O–H groups in total. The van der Waals surface area contributed by atoms with Crippen LogP contribution in [-0.4, -0.2) is 61.6 Å². The van der Waals surface area contributed by atoms with E-state index in [2.05, 4.69) is 58.3 Å². The highest BCUT2D eigenvalue weighted by molar-refractivity contribution is 5.84. The molecular formula is C57H104N4O4. The van der Waals surface area contributed by atoms with E-state index in [9.17, 15) is 14.4 Å². The van der Waals surface area contributed by atoms with Crippen molar-refractivity contribution in [3.8, 4) is 0 Å². The highest BCUT2D eigenvalue weighted by Crippen LogP contribution is 2.67. The molecule has 8 heteroatoms. The summed E-state index contributed by atoms with van der Waals surface area (Å²) in [5, 5.41) is 5.99. The maximum atomic E-state index is 13.4. The van der Waals surface area contributed by atoms with Crippen LogP contribution in [0.15, 0.2) is 11.6 Å². The summed E-state index contributed by atoms with van der Waals surface area (Å²) in [6.07, 6.45) is 40.5. The molecule has 0 aromatic carbocycles. The Bertz CT molecular complexity index is 1380. The summed E-state index contributed by atoms with van der Waals surface area (Å²) in [5.74, 6) is 4.89. The Labute approximate surface area is 400 Å². The van der Waals surface area contributed by atoms with E-state index in [1.165, 1.54) is 141 Å². The van der Waals surface area contributed by atoms with Gasteiger partial charge in [-0.3, -0.25) is 9.59 Å². The zero-order valence-electron chi connectivity index (χ0n) is 43.4. The van der Waals surface area contributed by atoms with Gasteiger partial charge in [0.1, 0.15) is 6.10 Å². The number of hydrogen-bond acceptors (Lipinski definition) is 5. The van der Waals surface area contributed by atoms with Crippen molar-refractivity contribution in [3.63, 3.8) is 0 Å². The second-order valence-corrected chi connectivity index (χ2v) is 22.9. The predicted molar refractivity (Wildman–Crippen MR) is 273 cm³/mol. The van der Waals surface area contributed by atoms with Gasteiger partial charge in [-0.15, -0.1) is 0 Å². The number of amides is 3. The van der Waals surface area contributed by atoms with Crippen LogP contribution >= 0.6 is 0 Å². The van der Waals surface area contributed by atoms with Crippen molar-refractivity contribution in [2.45, 2.75) is 253 Å². The Morgan fingerprint density at radius 3 is 2.00 bits per heavy atom. The normalized spacial score (nSPS) is 26.5. The minimum Gasteiger partial charge on any atom is -0.446 e. The molecule has 3 saturated carbocycles. The third-order valence-corrected chi connectivity index (χ3v) is 17.5. The standard InChI is InChI=1S/C57H104N4O4/c1-7-8-9-10-11-12-13-14-15-16-17-18-19-20-21-22-30-54(63)61(44-53(62)59-40-24-23-39-58)42-26-25-41-60-55(64)65-48-35-37-56(5)47(43-48)31-32-49-51-34-33-50(46(4)29-27-28-45(2)3)57(51,6)38-36-52(49)56/h31,45-46,48-52H,7-30,32-44,58H2,1-6H3,(H,59,62)(H,60,64)/t46-,48+,49+,50-,51+,52+,56+,57-/m1/s1. The maximum absolute atomic E-state index is 13.4. The van der Waals surface area contributed by atoms with Crippen LogP contribution < -0.4 is 16.4 Å². The topological polar surface area (TPSA) is 114 Å². The lowest BCUT2D eigenvalue weighted by Crippen LogP contribution is -2.51. The minimum absolute atomic E-state index is 0.0595. The molecule has 4 rings (SSSR count). The monoisotopic (exact) mass is 909 g/mol. The summed E-state index contributed by atoms with van der Waals surface area (Å²) in [6.45, 7) is 17.1. The lowest BCUT2D eigenvalue weighted by atomic mass is 9.47. The molecule has 3 amide bonds. The molecule has 0 spiro atoms. The molecule has 4 aliphatic rings. The van der Waals surface area contributed by atoms with Crippen molar-refractivity contribution < 1.29 is 19.1 Å². The van der Waals surface area contributed by atoms with E-state index >= 15 is 0 Å². The number of carbonyl (C=O) groups excluding carboxylic acids is 3. The van der Waals surface area contributed by atoms with Gasteiger partial charge in [0.2, 0.25) is 11.8 Å². The fraction of sp³-hybridized carbons (Fsp3) is 0.912. The van der Waals surface area contributed by atoms with Gasteiger partial charge in [0, 0.05) is 32.5 Å². The molecule has 0 aromatic rings. The molecule has 65 heavy (non-hydrogen) atoms. The average Bonchev–Trinajstić information content (AvgIpc) is 3.64. The number of fused-ring (bicyclic) bond motifs is 5. The molecule has 376 valence electrons. The summed E-state index contributed by atoms with van der Waals surface area (Å²) in [4.78, 5) is 41.0. The number of hydrogen-bond donors (Lipinski definition) is 3. The van der Waals surface area contributed by atoms with Crippen molar-refractivity contribution >= 4 is 17.9 Å². The molecular weight excluding hydrogens is 805 g/mol. The van der Waals surface area contributed by atoms with E-state index in [1.54, 1.807) is 10.5 Å². The fourth-order valence-corrected chi connectivity index (χ4v) is 13.6. The third kappa shape index (κ3) is 18.4. The van der Waals surface area contributed by atoms with Gasteiger partial charge in [0.25, 0.3) is 0 Å². The van der Waals surface area contributed by atoms with Crippen LogP contribution in [-0.2, 0) is 14.3 Å². The molecule has 4 aliphatic carbocycles. The maximum Gasteiger partial charge on any atom is 0.407 e. The Morgan fingerprint density at radius 1 is 0.723 bits per heavy atom. The van der Waals surface area contributed by atoms with Gasteiger partial charge in [-0.25, -0.2) is 4.79 Å².